The molecule has 0 aliphatic heterocycles. The Hall–Kier alpha value is -0.700. The van der Waals surface area contributed by atoms with Crippen molar-refractivity contribution in [2.24, 2.45) is 5.41 Å². The molecule has 1 aliphatic rings. The fraction of sp³-hybridized carbons (Fsp3) is 0.714. The van der Waals surface area contributed by atoms with Gasteiger partial charge in [-0.15, -0.1) is 0 Å². The molecule has 1 aromatic heterocycles. The van der Waals surface area contributed by atoms with E-state index in [-0.39, 0.29) is 5.41 Å². The van der Waals surface area contributed by atoms with Gasteiger partial charge in [0, 0.05) is 17.7 Å². The Morgan fingerprint density at radius 3 is 2.59 bits per heavy atom. The summed E-state index contributed by atoms with van der Waals surface area (Å²) < 4.78 is 0.833. The van der Waals surface area contributed by atoms with Crippen LogP contribution in [0.1, 0.15) is 57.1 Å². The van der Waals surface area contributed by atoms with Gasteiger partial charge in [0.1, 0.15) is 10.5 Å². The van der Waals surface area contributed by atoms with E-state index < -0.39 is 0 Å². The fourth-order valence-electron chi connectivity index (χ4n) is 2.43. The standard InChI is InChI=1S/C14H22N2S/c1-14(2,3)9-12-15-11-8-6-4-5-7-10(11)13(17)16-12/h4-9H2,1-3H3,(H,15,16,17). The number of aromatic amines is 1. The van der Waals surface area contributed by atoms with Crippen molar-refractivity contribution in [2.45, 2.75) is 59.3 Å². The molecule has 2 nitrogen and oxygen atoms in total. The number of hydrogen-bond donors (Lipinski definition) is 1. The molecule has 0 saturated carbocycles. The highest BCUT2D eigenvalue weighted by Gasteiger charge is 2.16. The van der Waals surface area contributed by atoms with Gasteiger partial charge in [-0.1, -0.05) is 39.4 Å². The van der Waals surface area contributed by atoms with Crippen LogP contribution in [0.2, 0.25) is 0 Å². The molecule has 1 N–H and O–H groups in total. The molecule has 94 valence electrons. The maximum Gasteiger partial charge on any atom is 0.133 e. The van der Waals surface area contributed by atoms with Crippen LogP contribution in [-0.4, -0.2) is 9.97 Å². The molecular formula is C14H22N2S. The number of nitrogens with zero attached hydrogens (tertiary/aromatic N) is 1. The van der Waals surface area contributed by atoms with Crippen molar-refractivity contribution in [1.29, 1.82) is 0 Å². The summed E-state index contributed by atoms with van der Waals surface area (Å²) >= 11 is 5.44. The van der Waals surface area contributed by atoms with E-state index in [1.165, 1.54) is 30.5 Å². The summed E-state index contributed by atoms with van der Waals surface area (Å²) in [6.45, 7) is 6.70. The van der Waals surface area contributed by atoms with Crippen molar-refractivity contribution in [1.82, 2.24) is 9.97 Å². The molecule has 0 amide bonds. The van der Waals surface area contributed by atoms with E-state index in [1.54, 1.807) is 0 Å². The first-order chi connectivity index (χ1) is 7.96. The van der Waals surface area contributed by atoms with Crippen LogP contribution in [0.3, 0.4) is 0 Å². The minimum atomic E-state index is 0.254. The number of rotatable bonds is 1. The van der Waals surface area contributed by atoms with Gasteiger partial charge in [-0.05, 0) is 31.1 Å². The van der Waals surface area contributed by atoms with Gasteiger partial charge in [0.25, 0.3) is 0 Å². The predicted octanol–water partition coefficient (Wildman–Crippen LogP) is 4.00. The Kier molecular flexibility index (Phi) is 3.67. The molecule has 0 atom stereocenters. The van der Waals surface area contributed by atoms with Crippen molar-refractivity contribution >= 4 is 12.2 Å². The molecule has 1 aliphatic carbocycles. The molecule has 3 heteroatoms. The van der Waals surface area contributed by atoms with E-state index in [0.29, 0.717) is 0 Å². The van der Waals surface area contributed by atoms with Gasteiger partial charge in [-0.25, -0.2) is 4.98 Å². The molecule has 0 bridgehead atoms. The smallest absolute Gasteiger partial charge is 0.133 e. The number of H-pyrrole nitrogens is 1. The summed E-state index contributed by atoms with van der Waals surface area (Å²) in [5.41, 5.74) is 2.90. The molecule has 0 spiro atoms. The van der Waals surface area contributed by atoms with Crippen LogP contribution in [0, 0.1) is 10.1 Å². The van der Waals surface area contributed by atoms with Crippen LogP contribution in [0.4, 0.5) is 0 Å². The highest BCUT2D eigenvalue weighted by molar-refractivity contribution is 7.71. The molecule has 0 unspecified atom stereocenters. The number of aromatic nitrogens is 2. The number of hydrogen-bond acceptors (Lipinski definition) is 2. The van der Waals surface area contributed by atoms with Crippen LogP contribution >= 0.6 is 12.2 Å². The average Bonchev–Trinajstić information content (AvgIpc) is 2.40. The fourth-order valence-corrected chi connectivity index (χ4v) is 2.77. The van der Waals surface area contributed by atoms with Crippen molar-refractivity contribution in [3.05, 3.63) is 21.7 Å². The lowest BCUT2D eigenvalue weighted by molar-refractivity contribution is 0.399. The first-order valence-electron chi connectivity index (χ1n) is 6.57. The zero-order chi connectivity index (χ0) is 12.5. The minimum Gasteiger partial charge on any atom is -0.347 e. The third-order valence-corrected chi connectivity index (χ3v) is 3.54. The molecule has 0 fully saturated rings. The number of aryl methyl sites for hydroxylation is 1. The SMILES string of the molecule is CC(C)(C)Cc1nc(=S)c2c([nH]1)CCCCC2. The van der Waals surface area contributed by atoms with Crippen molar-refractivity contribution in [3.8, 4) is 0 Å². The molecular weight excluding hydrogens is 228 g/mol. The zero-order valence-electron chi connectivity index (χ0n) is 11.1. The van der Waals surface area contributed by atoms with E-state index in [1.807, 2.05) is 0 Å². The molecule has 2 rings (SSSR count). The van der Waals surface area contributed by atoms with Crippen LogP contribution < -0.4 is 0 Å². The number of nitrogens with one attached hydrogen (secondary N) is 1. The lowest BCUT2D eigenvalue weighted by Gasteiger charge is -2.18. The highest BCUT2D eigenvalue weighted by Crippen LogP contribution is 2.23. The average molecular weight is 250 g/mol. The van der Waals surface area contributed by atoms with Gasteiger partial charge in [0.05, 0.1) is 0 Å². The molecule has 1 aromatic rings. The molecule has 17 heavy (non-hydrogen) atoms. The maximum atomic E-state index is 5.44. The van der Waals surface area contributed by atoms with Crippen LogP contribution in [0.15, 0.2) is 0 Å². The van der Waals surface area contributed by atoms with Crippen molar-refractivity contribution in [2.75, 3.05) is 0 Å². The summed E-state index contributed by atoms with van der Waals surface area (Å²) in [5, 5.41) is 0. The predicted molar refractivity (Wildman–Crippen MR) is 73.8 cm³/mol. The van der Waals surface area contributed by atoms with Gasteiger partial charge in [0.2, 0.25) is 0 Å². The van der Waals surface area contributed by atoms with Gasteiger partial charge < -0.3 is 4.98 Å². The Bertz CT molecular complexity index is 454. The van der Waals surface area contributed by atoms with Crippen LogP contribution in [-0.2, 0) is 19.3 Å². The zero-order valence-corrected chi connectivity index (χ0v) is 11.9. The third kappa shape index (κ3) is 3.38. The molecule has 1 heterocycles. The summed E-state index contributed by atoms with van der Waals surface area (Å²) in [6, 6.07) is 0. The molecule has 0 radical (unpaired) electrons. The molecule has 0 saturated heterocycles. The summed E-state index contributed by atoms with van der Waals surface area (Å²) in [4.78, 5) is 8.10. The third-order valence-electron chi connectivity index (χ3n) is 3.21. The summed E-state index contributed by atoms with van der Waals surface area (Å²) in [5.74, 6) is 1.06. The lowest BCUT2D eigenvalue weighted by Crippen LogP contribution is -2.14. The second kappa shape index (κ2) is 4.89. The van der Waals surface area contributed by atoms with Crippen molar-refractivity contribution in [3.63, 3.8) is 0 Å². The van der Waals surface area contributed by atoms with E-state index >= 15 is 0 Å². The first kappa shape index (κ1) is 12.7. The van der Waals surface area contributed by atoms with E-state index in [9.17, 15) is 0 Å². The van der Waals surface area contributed by atoms with Gasteiger partial charge >= 0.3 is 0 Å². The largest absolute Gasteiger partial charge is 0.347 e. The van der Waals surface area contributed by atoms with Gasteiger partial charge in [-0.2, -0.15) is 0 Å². The first-order valence-corrected chi connectivity index (χ1v) is 6.97. The van der Waals surface area contributed by atoms with Crippen LogP contribution in [0.5, 0.6) is 0 Å². The Balaban J connectivity index is 2.36. The highest BCUT2D eigenvalue weighted by atomic mass is 32.1. The topological polar surface area (TPSA) is 28.7 Å². The minimum absolute atomic E-state index is 0.254. The van der Waals surface area contributed by atoms with Gasteiger partial charge in [-0.3, -0.25) is 0 Å². The van der Waals surface area contributed by atoms with E-state index in [4.69, 9.17) is 12.2 Å². The second-order valence-electron chi connectivity index (χ2n) is 6.24. The van der Waals surface area contributed by atoms with E-state index in [0.717, 1.165) is 29.7 Å². The summed E-state index contributed by atoms with van der Waals surface area (Å²) in [7, 11) is 0. The summed E-state index contributed by atoms with van der Waals surface area (Å²) in [6.07, 6.45) is 7.05. The monoisotopic (exact) mass is 250 g/mol. The quantitative estimate of drug-likeness (QED) is 0.603. The normalized spacial score (nSPS) is 16.4. The van der Waals surface area contributed by atoms with Crippen LogP contribution in [0.25, 0.3) is 0 Å². The maximum absolute atomic E-state index is 5.44. The molecule has 0 aromatic carbocycles. The Morgan fingerprint density at radius 2 is 1.88 bits per heavy atom. The number of fused-ring (bicyclic) bond motifs is 1. The second-order valence-corrected chi connectivity index (χ2v) is 6.63. The van der Waals surface area contributed by atoms with Gasteiger partial charge in [0.15, 0.2) is 0 Å². The van der Waals surface area contributed by atoms with Crippen molar-refractivity contribution < 1.29 is 0 Å². The van der Waals surface area contributed by atoms with E-state index in [2.05, 4.69) is 30.7 Å². The Morgan fingerprint density at radius 1 is 1.18 bits per heavy atom. The Labute approximate surface area is 109 Å². The lowest BCUT2D eigenvalue weighted by atomic mass is 9.92.